The minimum absolute atomic E-state index is 0.0793. The number of hydrogen-bond acceptors (Lipinski definition) is 4. The summed E-state index contributed by atoms with van der Waals surface area (Å²) in [5, 5.41) is 5.77. The standard InChI is InChI=1S/C19H23FN2O3/c1-24-17-8-7-14(13-18(17)25-2)9-11-22-19(23)10-12-21-16-6-4-3-5-15(16)20/h3-8,13,21H,9-12H2,1-2H3,(H,22,23). The van der Waals surface area contributed by atoms with Gasteiger partial charge in [0.2, 0.25) is 5.91 Å². The van der Waals surface area contributed by atoms with Crippen LogP contribution in [0.4, 0.5) is 10.1 Å². The summed E-state index contributed by atoms with van der Waals surface area (Å²) < 4.78 is 23.9. The largest absolute Gasteiger partial charge is 0.493 e. The monoisotopic (exact) mass is 346 g/mol. The second-order valence-electron chi connectivity index (χ2n) is 5.45. The van der Waals surface area contributed by atoms with E-state index in [9.17, 15) is 9.18 Å². The van der Waals surface area contributed by atoms with Crippen LogP contribution in [0.1, 0.15) is 12.0 Å². The number of hydrogen-bond donors (Lipinski definition) is 2. The van der Waals surface area contributed by atoms with Gasteiger partial charge in [-0.3, -0.25) is 4.79 Å². The fourth-order valence-corrected chi connectivity index (χ4v) is 2.39. The second-order valence-corrected chi connectivity index (χ2v) is 5.45. The van der Waals surface area contributed by atoms with Crippen molar-refractivity contribution in [1.29, 1.82) is 0 Å². The zero-order valence-corrected chi connectivity index (χ0v) is 14.5. The molecular formula is C19H23FN2O3. The Morgan fingerprint density at radius 1 is 1.04 bits per heavy atom. The summed E-state index contributed by atoms with van der Waals surface area (Å²) in [4.78, 5) is 11.8. The van der Waals surface area contributed by atoms with Crippen LogP contribution in [0.5, 0.6) is 11.5 Å². The highest BCUT2D eigenvalue weighted by molar-refractivity contribution is 5.76. The van der Waals surface area contributed by atoms with Crippen molar-refractivity contribution >= 4 is 11.6 Å². The molecule has 0 spiro atoms. The molecule has 0 unspecified atom stereocenters. The number of nitrogens with one attached hydrogen (secondary N) is 2. The zero-order chi connectivity index (χ0) is 18.1. The molecule has 2 aromatic rings. The lowest BCUT2D eigenvalue weighted by molar-refractivity contribution is -0.120. The molecule has 0 saturated heterocycles. The molecule has 5 nitrogen and oxygen atoms in total. The molecule has 1 amide bonds. The minimum atomic E-state index is -0.323. The summed E-state index contributed by atoms with van der Waals surface area (Å²) in [7, 11) is 3.18. The Hall–Kier alpha value is -2.76. The maximum atomic E-state index is 13.4. The van der Waals surface area contributed by atoms with Crippen molar-refractivity contribution in [2.24, 2.45) is 0 Å². The molecule has 2 aromatic carbocycles. The summed E-state index contributed by atoms with van der Waals surface area (Å²) in [5.74, 6) is 0.940. The first-order valence-electron chi connectivity index (χ1n) is 8.10. The molecule has 0 aromatic heterocycles. The molecule has 0 aliphatic rings. The van der Waals surface area contributed by atoms with Gasteiger partial charge in [0.25, 0.3) is 0 Å². The van der Waals surface area contributed by atoms with Gasteiger partial charge in [-0.2, -0.15) is 0 Å². The molecule has 2 rings (SSSR count). The topological polar surface area (TPSA) is 59.6 Å². The van der Waals surface area contributed by atoms with Crippen molar-refractivity contribution in [2.75, 3.05) is 32.6 Å². The fourth-order valence-electron chi connectivity index (χ4n) is 2.39. The van der Waals surface area contributed by atoms with E-state index in [4.69, 9.17) is 9.47 Å². The summed E-state index contributed by atoms with van der Waals surface area (Å²) in [6.07, 6.45) is 0.965. The van der Waals surface area contributed by atoms with Crippen molar-refractivity contribution < 1.29 is 18.7 Å². The lowest BCUT2D eigenvalue weighted by atomic mass is 10.1. The fraction of sp³-hybridized carbons (Fsp3) is 0.316. The van der Waals surface area contributed by atoms with E-state index >= 15 is 0 Å². The van der Waals surface area contributed by atoms with Crippen molar-refractivity contribution in [2.45, 2.75) is 12.8 Å². The number of carbonyl (C=O) groups excluding carboxylic acids is 1. The van der Waals surface area contributed by atoms with Gasteiger partial charge in [-0.15, -0.1) is 0 Å². The van der Waals surface area contributed by atoms with E-state index in [1.807, 2.05) is 18.2 Å². The number of para-hydroxylation sites is 1. The maximum absolute atomic E-state index is 13.4. The minimum Gasteiger partial charge on any atom is -0.493 e. The Kier molecular flexibility index (Phi) is 7.07. The number of rotatable bonds is 9. The van der Waals surface area contributed by atoms with Crippen LogP contribution in [-0.4, -0.2) is 33.2 Å². The third kappa shape index (κ3) is 5.67. The normalized spacial score (nSPS) is 10.2. The van der Waals surface area contributed by atoms with E-state index in [0.29, 0.717) is 36.7 Å². The van der Waals surface area contributed by atoms with Gasteiger partial charge in [-0.05, 0) is 36.2 Å². The van der Waals surface area contributed by atoms with Crippen LogP contribution in [-0.2, 0) is 11.2 Å². The molecule has 0 aliphatic heterocycles. The number of anilines is 1. The SMILES string of the molecule is COc1ccc(CCNC(=O)CCNc2ccccc2F)cc1OC. The molecule has 0 bridgehead atoms. The molecule has 0 saturated carbocycles. The number of methoxy groups -OCH3 is 2. The highest BCUT2D eigenvalue weighted by Crippen LogP contribution is 2.27. The van der Waals surface area contributed by atoms with Gasteiger partial charge in [0.15, 0.2) is 11.5 Å². The number of halogens is 1. The number of amides is 1. The highest BCUT2D eigenvalue weighted by atomic mass is 19.1. The van der Waals surface area contributed by atoms with Crippen molar-refractivity contribution in [3.05, 3.63) is 53.8 Å². The van der Waals surface area contributed by atoms with Gasteiger partial charge >= 0.3 is 0 Å². The first kappa shape index (κ1) is 18.6. The van der Waals surface area contributed by atoms with Crippen LogP contribution in [0.25, 0.3) is 0 Å². The Balaban J connectivity index is 1.71. The summed E-state index contributed by atoms with van der Waals surface area (Å²) in [5.41, 5.74) is 1.45. The molecule has 134 valence electrons. The van der Waals surface area contributed by atoms with Gasteiger partial charge in [0.05, 0.1) is 19.9 Å². The lowest BCUT2D eigenvalue weighted by Gasteiger charge is -2.10. The zero-order valence-electron chi connectivity index (χ0n) is 14.5. The van der Waals surface area contributed by atoms with Crippen LogP contribution < -0.4 is 20.1 Å². The van der Waals surface area contributed by atoms with Crippen LogP contribution in [0, 0.1) is 5.82 Å². The Bertz CT molecular complexity index is 707. The molecule has 0 aliphatic carbocycles. The van der Waals surface area contributed by atoms with E-state index in [2.05, 4.69) is 10.6 Å². The smallest absolute Gasteiger partial charge is 0.221 e. The number of carbonyl (C=O) groups is 1. The van der Waals surface area contributed by atoms with Crippen LogP contribution in [0.15, 0.2) is 42.5 Å². The van der Waals surface area contributed by atoms with Crippen molar-refractivity contribution in [3.8, 4) is 11.5 Å². The van der Waals surface area contributed by atoms with Crippen molar-refractivity contribution in [1.82, 2.24) is 5.32 Å². The lowest BCUT2D eigenvalue weighted by Crippen LogP contribution is -2.27. The van der Waals surface area contributed by atoms with Crippen LogP contribution in [0.3, 0.4) is 0 Å². The van der Waals surface area contributed by atoms with Crippen molar-refractivity contribution in [3.63, 3.8) is 0 Å². The first-order valence-corrected chi connectivity index (χ1v) is 8.10. The van der Waals surface area contributed by atoms with Gasteiger partial charge in [0, 0.05) is 19.5 Å². The number of benzene rings is 2. The molecule has 0 heterocycles. The summed E-state index contributed by atoms with van der Waals surface area (Å²) >= 11 is 0. The number of ether oxygens (including phenoxy) is 2. The molecule has 25 heavy (non-hydrogen) atoms. The average molecular weight is 346 g/mol. The molecule has 6 heteroatoms. The van der Waals surface area contributed by atoms with E-state index in [1.165, 1.54) is 6.07 Å². The van der Waals surface area contributed by atoms with Gasteiger partial charge in [0.1, 0.15) is 5.82 Å². The molecule has 0 atom stereocenters. The average Bonchev–Trinajstić information content (AvgIpc) is 2.63. The third-order valence-corrected chi connectivity index (χ3v) is 3.73. The van der Waals surface area contributed by atoms with E-state index in [1.54, 1.807) is 32.4 Å². The molecule has 2 N–H and O–H groups in total. The van der Waals surface area contributed by atoms with Gasteiger partial charge in [-0.25, -0.2) is 4.39 Å². The van der Waals surface area contributed by atoms with Crippen LogP contribution >= 0.6 is 0 Å². The van der Waals surface area contributed by atoms with E-state index in [-0.39, 0.29) is 18.1 Å². The predicted molar refractivity (Wildman–Crippen MR) is 95.8 cm³/mol. The Morgan fingerprint density at radius 3 is 2.52 bits per heavy atom. The Labute approximate surface area is 147 Å². The summed E-state index contributed by atoms with van der Waals surface area (Å²) in [6, 6.07) is 12.1. The highest BCUT2D eigenvalue weighted by Gasteiger charge is 2.06. The third-order valence-electron chi connectivity index (χ3n) is 3.73. The van der Waals surface area contributed by atoms with Gasteiger partial charge < -0.3 is 20.1 Å². The van der Waals surface area contributed by atoms with Gasteiger partial charge in [-0.1, -0.05) is 18.2 Å². The molecule has 0 radical (unpaired) electrons. The van der Waals surface area contributed by atoms with E-state index < -0.39 is 0 Å². The molecular weight excluding hydrogens is 323 g/mol. The first-order chi connectivity index (χ1) is 12.1. The second kappa shape index (κ2) is 9.52. The predicted octanol–water partition coefficient (Wildman–Crippen LogP) is 3.00. The summed E-state index contributed by atoms with van der Waals surface area (Å²) in [6.45, 7) is 0.900. The Morgan fingerprint density at radius 2 is 1.80 bits per heavy atom. The van der Waals surface area contributed by atoms with Crippen LogP contribution in [0.2, 0.25) is 0 Å². The maximum Gasteiger partial charge on any atom is 0.221 e. The quantitative estimate of drug-likeness (QED) is 0.733. The van der Waals surface area contributed by atoms with E-state index in [0.717, 1.165) is 5.56 Å². The molecule has 0 fully saturated rings.